The number of fused-ring (bicyclic) bond motifs is 4. The molecule has 0 saturated heterocycles. The van der Waals surface area contributed by atoms with Gasteiger partial charge in [-0.1, -0.05) is 12.1 Å². The summed E-state index contributed by atoms with van der Waals surface area (Å²) in [6.45, 7) is 5.93. The molecule has 0 amide bonds. The maximum absolute atomic E-state index is 4.73. The average Bonchev–Trinajstić information content (AvgIpc) is 3.21. The average molecular weight is 379 g/mol. The van der Waals surface area contributed by atoms with Gasteiger partial charge in [0.05, 0.1) is 15.9 Å². The molecule has 0 bridgehead atoms. The topological polar surface area (TPSA) is 67.7 Å². The van der Waals surface area contributed by atoms with Crippen molar-refractivity contribution >= 4 is 43.3 Å². The maximum atomic E-state index is 4.73. The van der Waals surface area contributed by atoms with E-state index in [1.54, 1.807) is 11.3 Å². The van der Waals surface area contributed by atoms with Gasteiger partial charge < -0.3 is 10.6 Å². The lowest BCUT2D eigenvalue weighted by atomic mass is 10.0. The van der Waals surface area contributed by atoms with E-state index in [1.165, 1.54) is 40.6 Å². The Hall–Kier alpha value is -2.67. The summed E-state index contributed by atoms with van der Waals surface area (Å²) in [6.07, 6.45) is 2.38. The Labute approximate surface area is 161 Å². The molecule has 4 heterocycles. The van der Waals surface area contributed by atoms with Gasteiger partial charge in [-0.25, -0.2) is 0 Å². The molecule has 1 aliphatic rings. The van der Waals surface area contributed by atoms with Crippen LogP contribution in [0.15, 0.2) is 18.2 Å². The van der Waals surface area contributed by atoms with Gasteiger partial charge in [-0.05, 0) is 49.4 Å². The molecule has 0 atom stereocenters. The fourth-order valence-corrected chi connectivity index (χ4v) is 5.00. The van der Waals surface area contributed by atoms with E-state index in [-0.39, 0.29) is 0 Å². The van der Waals surface area contributed by atoms with E-state index in [0.717, 1.165) is 39.6 Å². The predicted molar refractivity (Wildman–Crippen MR) is 112 cm³/mol. The van der Waals surface area contributed by atoms with Crippen LogP contribution in [0.1, 0.15) is 28.8 Å². The summed E-state index contributed by atoms with van der Waals surface area (Å²) in [5, 5.41) is 21.6. The Kier molecular flexibility index (Phi) is 3.79. The van der Waals surface area contributed by atoms with E-state index >= 15 is 0 Å². The van der Waals surface area contributed by atoms with Gasteiger partial charge in [0.2, 0.25) is 0 Å². The Morgan fingerprint density at radius 2 is 2.15 bits per heavy atom. The highest BCUT2D eigenvalue weighted by Gasteiger charge is 2.19. The second-order valence-electron chi connectivity index (χ2n) is 7.22. The van der Waals surface area contributed by atoms with Gasteiger partial charge in [0.25, 0.3) is 0 Å². The highest BCUT2D eigenvalue weighted by Crippen LogP contribution is 2.38. The number of nitrogens with one attached hydrogen (secondary N) is 2. The molecule has 6 nitrogen and oxygen atoms in total. The molecule has 0 aliphatic carbocycles. The lowest BCUT2D eigenvalue weighted by molar-refractivity contribution is 0.798. The van der Waals surface area contributed by atoms with E-state index in [0.29, 0.717) is 0 Å². The summed E-state index contributed by atoms with van der Waals surface area (Å²) in [5.74, 6) is 0.915. The zero-order chi connectivity index (χ0) is 18.5. The Bertz CT molecular complexity index is 1170. The Morgan fingerprint density at radius 3 is 3.04 bits per heavy atom. The second-order valence-corrected chi connectivity index (χ2v) is 8.22. The molecule has 27 heavy (non-hydrogen) atoms. The molecule has 138 valence electrons. The summed E-state index contributed by atoms with van der Waals surface area (Å²) in [6, 6.07) is 6.71. The zero-order valence-corrected chi connectivity index (χ0v) is 16.6. The molecular formula is C20H22N6S. The summed E-state index contributed by atoms with van der Waals surface area (Å²) < 4.78 is 3.10. The number of hydrogen-bond donors (Lipinski definition) is 2. The first-order chi connectivity index (χ1) is 13.1. The molecule has 0 spiro atoms. The van der Waals surface area contributed by atoms with Gasteiger partial charge in [-0.15, -0.1) is 16.4 Å². The van der Waals surface area contributed by atoms with Crippen LogP contribution >= 0.6 is 11.3 Å². The predicted octanol–water partition coefficient (Wildman–Crippen LogP) is 4.17. The van der Waals surface area contributed by atoms with Gasteiger partial charge in [0.1, 0.15) is 4.83 Å². The van der Waals surface area contributed by atoms with Crippen molar-refractivity contribution < 1.29 is 0 Å². The number of rotatable bonds is 3. The van der Waals surface area contributed by atoms with Crippen LogP contribution in [0.5, 0.6) is 0 Å². The minimum Gasteiger partial charge on any atom is -0.385 e. The lowest BCUT2D eigenvalue weighted by Gasteiger charge is -2.18. The normalized spacial score (nSPS) is 13.7. The van der Waals surface area contributed by atoms with Crippen molar-refractivity contribution in [3.05, 3.63) is 40.6 Å². The van der Waals surface area contributed by atoms with Crippen molar-refractivity contribution in [2.45, 2.75) is 33.2 Å². The number of nitrogens with zero attached hydrogens (tertiary/aromatic N) is 4. The lowest BCUT2D eigenvalue weighted by Crippen LogP contribution is -2.12. The van der Waals surface area contributed by atoms with Crippen molar-refractivity contribution in [3.63, 3.8) is 0 Å². The van der Waals surface area contributed by atoms with Gasteiger partial charge in [-0.3, -0.25) is 4.68 Å². The molecule has 2 N–H and O–H groups in total. The van der Waals surface area contributed by atoms with Gasteiger partial charge in [-0.2, -0.15) is 10.2 Å². The van der Waals surface area contributed by atoms with E-state index in [2.05, 4.69) is 46.0 Å². The minimum absolute atomic E-state index is 0.749. The number of anilines is 2. The third kappa shape index (κ3) is 2.65. The summed E-state index contributed by atoms with van der Waals surface area (Å²) >= 11 is 1.66. The summed E-state index contributed by atoms with van der Waals surface area (Å²) in [5.41, 5.74) is 7.24. The van der Waals surface area contributed by atoms with Crippen LogP contribution in [0, 0.1) is 13.8 Å². The van der Waals surface area contributed by atoms with Crippen molar-refractivity contribution in [1.29, 1.82) is 0 Å². The zero-order valence-electron chi connectivity index (χ0n) is 15.8. The highest BCUT2D eigenvalue weighted by molar-refractivity contribution is 7.26. The number of thiophene rings is 1. The number of aromatic nitrogens is 4. The van der Waals surface area contributed by atoms with E-state index in [9.17, 15) is 0 Å². The molecule has 1 aromatic carbocycles. The van der Waals surface area contributed by atoms with Crippen LogP contribution in [-0.4, -0.2) is 26.5 Å². The Morgan fingerprint density at radius 1 is 1.26 bits per heavy atom. The second kappa shape index (κ2) is 6.20. The van der Waals surface area contributed by atoms with Crippen LogP contribution in [0.4, 0.5) is 11.5 Å². The first-order valence-electron chi connectivity index (χ1n) is 9.30. The van der Waals surface area contributed by atoms with Crippen molar-refractivity contribution in [2.24, 2.45) is 7.05 Å². The first-order valence-corrected chi connectivity index (χ1v) is 10.1. The minimum atomic E-state index is 0.749. The number of benzene rings is 1. The van der Waals surface area contributed by atoms with Crippen LogP contribution in [0.25, 0.3) is 20.4 Å². The van der Waals surface area contributed by atoms with Gasteiger partial charge in [0, 0.05) is 31.2 Å². The molecule has 5 rings (SSSR count). The SMILES string of the molecule is Cc1nnc2sc3c(NCc4ccc5c(c4)NCCC5)nn(C)c3c2c1C. The molecule has 0 radical (unpaired) electrons. The van der Waals surface area contributed by atoms with E-state index < -0.39 is 0 Å². The molecule has 7 heteroatoms. The maximum Gasteiger partial charge on any atom is 0.166 e. The van der Waals surface area contributed by atoms with Crippen LogP contribution in [0.2, 0.25) is 0 Å². The largest absolute Gasteiger partial charge is 0.385 e. The van der Waals surface area contributed by atoms with Crippen LogP contribution in [-0.2, 0) is 20.0 Å². The molecular weight excluding hydrogens is 356 g/mol. The number of aryl methyl sites for hydroxylation is 4. The third-order valence-corrected chi connectivity index (χ3v) is 6.50. The molecule has 1 aliphatic heterocycles. The van der Waals surface area contributed by atoms with Gasteiger partial charge >= 0.3 is 0 Å². The van der Waals surface area contributed by atoms with Crippen molar-refractivity contribution in [3.8, 4) is 0 Å². The van der Waals surface area contributed by atoms with Crippen LogP contribution in [0.3, 0.4) is 0 Å². The Balaban J connectivity index is 1.50. The van der Waals surface area contributed by atoms with Crippen LogP contribution < -0.4 is 10.6 Å². The monoisotopic (exact) mass is 378 g/mol. The molecule has 0 unspecified atom stereocenters. The molecule has 4 aromatic rings. The third-order valence-electron chi connectivity index (χ3n) is 5.43. The van der Waals surface area contributed by atoms with Gasteiger partial charge in [0.15, 0.2) is 5.82 Å². The molecule has 0 fully saturated rings. The first kappa shape index (κ1) is 16.5. The molecule has 0 saturated carbocycles. The van der Waals surface area contributed by atoms with E-state index in [1.807, 2.05) is 18.7 Å². The standard InChI is InChI=1S/C20H22N6S/c1-11-12(2)23-24-20-16(11)17-18(27-20)19(25-26(17)3)22-10-13-6-7-14-5-4-8-21-15(14)9-13/h6-7,9,21H,4-5,8,10H2,1-3H3,(H,22,25). The fraction of sp³-hybridized carbons (Fsp3) is 0.350. The number of hydrogen-bond acceptors (Lipinski definition) is 6. The summed E-state index contributed by atoms with van der Waals surface area (Å²) in [4.78, 5) is 0.974. The van der Waals surface area contributed by atoms with Crippen molar-refractivity contribution in [2.75, 3.05) is 17.2 Å². The van der Waals surface area contributed by atoms with E-state index in [4.69, 9.17) is 5.10 Å². The van der Waals surface area contributed by atoms with Crippen molar-refractivity contribution in [1.82, 2.24) is 20.0 Å². The highest BCUT2D eigenvalue weighted by atomic mass is 32.1. The fourth-order valence-electron chi connectivity index (χ4n) is 3.83. The summed E-state index contributed by atoms with van der Waals surface area (Å²) in [7, 11) is 2.00. The smallest absolute Gasteiger partial charge is 0.166 e. The quantitative estimate of drug-likeness (QED) is 0.560. The molecule has 3 aromatic heterocycles.